The van der Waals surface area contributed by atoms with E-state index in [1.54, 1.807) is 0 Å². The number of rotatable bonds is 2. The molecule has 0 saturated heterocycles. The molecule has 0 fully saturated rings. The second-order valence-electron chi connectivity index (χ2n) is 5.28. The highest BCUT2D eigenvalue weighted by molar-refractivity contribution is 6.32. The van der Waals surface area contributed by atoms with Crippen LogP contribution in [0.3, 0.4) is 0 Å². The molecule has 0 aliphatic carbocycles. The van der Waals surface area contributed by atoms with E-state index in [0.29, 0.717) is 17.6 Å². The van der Waals surface area contributed by atoms with E-state index in [1.807, 2.05) is 53.3 Å². The smallest absolute Gasteiger partial charge is 0.227 e. The summed E-state index contributed by atoms with van der Waals surface area (Å²) in [7, 11) is 0. The van der Waals surface area contributed by atoms with Crippen molar-refractivity contribution in [2.45, 2.75) is 26.6 Å². The third-order valence-electron chi connectivity index (χ3n) is 3.95. The first-order valence-electron chi connectivity index (χ1n) is 7.21. The molecule has 0 saturated carbocycles. The monoisotopic (exact) mass is 339 g/mol. The molecule has 0 atom stereocenters. The molecule has 0 spiro atoms. The van der Waals surface area contributed by atoms with Crippen molar-refractivity contribution in [1.29, 1.82) is 0 Å². The molecule has 0 unspecified atom stereocenters. The van der Waals surface area contributed by atoms with Crippen LogP contribution in [0.15, 0.2) is 42.5 Å². The summed E-state index contributed by atoms with van der Waals surface area (Å²) in [6.45, 7) is 4.36. The minimum absolute atomic E-state index is 0.289. The highest BCUT2D eigenvalue weighted by atomic mass is 35.5. The fraction of sp³-hybridized carbons (Fsp3) is 0.235. The molecule has 0 aliphatic heterocycles. The number of aryl methyl sites for hydroxylation is 1. The van der Waals surface area contributed by atoms with Gasteiger partial charge in [-0.15, -0.1) is 0 Å². The molecule has 3 aromatic rings. The van der Waals surface area contributed by atoms with Gasteiger partial charge < -0.3 is 0 Å². The predicted octanol–water partition coefficient (Wildman–Crippen LogP) is 4.92. The average molecular weight is 340 g/mol. The van der Waals surface area contributed by atoms with E-state index in [-0.39, 0.29) is 5.02 Å². The van der Waals surface area contributed by atoms with Crippen molar-refractivity contribution in [1.82, 2.24) is 4.57 Å². The van der Waals surface area contributed by atoms with Gasteiger partial charge in [-0.3, -0.25) is 0 Å². The topological polar surface area (TPSA) is 8.81 Å². The van der Waals surface area contributed by atoms with Crippen molar-refractivity contribution in [3.63, 3.8) is 0 Å². The number of hydrogen-bond donors (Lipinski definition) is 0. The number of para-hydroxylation sites is 1. The van der Waals surface area contributed by atoms with Crippen molar-refractivity contribution < 1.29 is 17.7 Å². The second-order valence-corrected chi connectivity index (χ2v) is 5.69. The fourth-order valence-electron chi connectivity index (χ4n) is 2.94. The van der Waals surface area contributed by atoms with Crippen molar-refractivity contribution in [3.05, 3.63) is 58.9 Å². The Hall–Kier alpha value is -2.01. The maximum absolute atomic E-state index is 13.1. The van der Waals surface area contributed by atoms with Crippen LogP contribution in [-0.4, -0.2) is 4.57 Å². The lowest BCUT2D eigenvalue weighted by Gasteiger charge is -2.08. The fourth-order valence-corrected chi connectivity index (χ4v) is 3.20. The van der Waals surface area contributed by atoms with Gasteiger partial charge >= 0.3 is 6.18 Å². The molecule has 0 aliphatic rings. The van der Waals surface area contributed by atoms with Gasteiger partial charge in [0.2, 0.25) is 0 Å². The number of nitrogens with zero attached hydrogens (tertiary/aromatic N) is 2. The Morgan fingerprint density at radius 1 is 1.13 bits per heavy atom. The minimum Gasteiger partial charge on any atom is -0.227 e. The van der Waals surface area contributed by atoms with Crippen molar-refractivity contribution >= 4 is 22.6 Å². The van der Waals surface area contributed by atoms with Gasteiger partial charge in [-0.2, -0.15) is 17.7 Å². The minimum atomic E-state index is -4.47. The first kappa shape index (κ1) is 15.9. The first-order chi connectivity index (χ1) is 10.8. The van der Waals surface area contributed by atoms with E-state index < -0.39 is 11.7 Å². The Labute approximate surface area is 136 Å². The first-order valence-corrected chi connectivity index (χ1v) is 7.59. The lowest BCUT2D eigenvalue weighted by molar-refractivity contribution is -0.674. The van der Waals surface area contributed by atoms with Crippen LogP contribution in [0.25, 0.3) is 16.7 Å². The Morgan fingerprint density at radius 3 is 2.35 bits per heavy atom. The Kier molecular flexibility index (Phi) is 3.84. The number of benzene rings is 2. The standard InChI is InChI=1S/C17H15ClF3N2/c1-3-22-11(2)23(12-7-5-4-6-8-12)16-10-14(18)13(9-15(16)22)17(19,20)21/h4-10H,3H2,1-2H3/q+1. The normalized spacial score (nSPS) is 12.1. The Balaban J connectivity index is 2.40. The van der Waals surface area contributed by atoms with Crippen LogP contribution in [0.4, 0.5) is 13.2 Å². The van der Waals surface area contributed by atoms with Gasteiger partial charge in [-0.05, 0) is 19.1 Å². The molecule has 0 N–H and O–H groups in total. The molecule has 3 rings (SSSR count). The van der Waals surface area contributed by atoms with E-state index in [9.17, 15) is 13.2 Å². The summed E-state index contributed by atoms with van der Waals surface area (Å²) in [5.74, 6) is 0.851. The van der Waals surface area contributed by atoms with E-state index in [2.05, 4.69) is 0 Å². The van der Waals surface area contributed by atoms with E-state index in [4.69, 9.17) is 11.6 Å². The maximum atomic E-state index is 13.1. The lowest BCUT2D eigenvalue weighted by Crippen LogP contribution is -2.35. The van der Waals surface area contributed by atoms with Crippen LogP contribution in [0.2, 0.25) is 5.02 Å². The maximum Gasteiger partial charge on any atom is 0.418 e. The van der Waals surface area contributed by atoms with Crippen LogP contribution in [-0.2, 0) is 12.7 Å². The van der Waals surface area contributed by atoms with Crippen LogP contribution < -0.4 is 4.57 Å². The summed E-state index contributed by atoms with van der Waals surface area (Å²) in [6.07, 6.45) is -4.47. The largest absolute Gasteiger partial charge is 0.418 e. The zero-order chi connectivity index (χ0) is 16.8. The van der Waals surface area contributed by atoms with Crippen molar-refractivity contribution in [3.8, 4) is 5.69 Å². The van der Waals surface area contributed by atoms with Gasteiger partial charge in [-0.25, -0.2) is 4.57 Å². The summed E-state index contributed by atoms with van der Waals surface area (Å²) in [4.78, 5) is 0. The predicted molar refractivity (Wildman–Crippen MR) is 83.9 cm³/mol. The zero-order valence-corrected chi connectivity index (χ0v) is 13.4. The number of alkyl halides is 3. The third kappa shape index (κ3) is 2.59. The number of fused-ring (bicyclic) bond motifs is 1. The molecule has 0 radical (unpaired) electrons. The lowest BCUT2D eigenvalue weighted by atomic mass is 10.2. The summed E-state index contributed by atoms with van der Waals surface area (Å²) in [5, 5.41) is -0.289. The summed E-state index contributed by atoms with van der Waals surface area (Å²) >= 11 is 5.91. The van der Waals surface area contributed by atoms with Crippen LogP contribution in [0.1, 0.15) is 18.3 Å². The Bertz CT molecular complexity index is 867. The zero-order valence-electron chi connectivity index (χ0n) is 12.7. The van der Waals surface area contributed by atoms with E-state index >= 15 is 0 Å². The summed E-state index contributed by atoms with van der Waals surface area (Å²) in [5.41, 5.74) is 1.26. The van der Waals surface area contributed by atoms with Gasteiger partial charge in [-0.1, -0.05) is 29.8 Å². The van der Waals surface area contributed by atoms with Crippen LogP contribution >= 0.6 is 11.6 Å². The number of halogens is 4. The van der Waals surface area contributed by atoms with Gasteiger partial charge in [0.1, 0.15) is 5.69 Å². The second kappa shape index (κ2) is 5.57. The van der Waals surface area contributed by atoms with E-state index in [0.717, 1.165) is 17.6 Å². The number of imidazole rings is 1. The molecular formula is C17H15ClF3N2+. The highest BCUT2D eigenvalue weighted by Gasteiger charge is 2.36. The molecule has 2 aromatic carbocycles. The molecule has 1 aromatic heterocycles. The SMILES string of the molecule is CC[n+]1c(C)n(-c2ccccc2)c2cc(Cl)c(C(F)(F)F)cc21. The number of hydrogen-bond acceptors (Lipinski definition) is 0. The van der Waals surface area contributed by atoms with Gasteiger partial charge in [0.15, 0.2) is 11.0 Å². The van der Waals surface area contributed by atoms with Crippen molar-refractivity contribution in [2.24, 2.45) is 0 Å². The third-order valence-corrected chi connectivity index (χ3v) is 4.26. The van der Waals surface area contributed by atoms with Gasteiger partial charge in [0.05, 0.1) is 17.1 Å². The quantitative estimate of drug-likeness (QED) is 0.586. The molecule has 0 amide bonds. The molecule has 0 bridgehead atoms. The summed E-state index contributed by atoms with van der Waals surface area (Å²) < 4.78 is 43.2. The van der Waals surface area contributed by atoms with Gasteiger partial charge in [0.25, 0.3) is 5.82 Å². The molecule has 1 heterocycles. The molecular weight excluding hydrogens is 325 g/mol. The van der Waals surface area contributed by atoms with Crippen molar-refractivity contribution in [2.75, 3.05) is 0 Å². The molecule has 6 heteroatoms. The average Bonchev–Trinajstić information content (AvgIpc) is 2.76. The number of aromatic nitrogens is 2. The molecule has 2 nitrogen and oxygen atoms in total. The molecule has 23 heavy (non-hydrogen) atoms. The Morgan fingerprint density at radius 2 is 1.78 bits per heavy atom. The van der Waals surface area contributed by atoms with Crippen LogP contribution in [0.5, 0.6) is 0 Å². The molecule has 120 valence electrons. The van der Waals surface area contributed by atoms with E-state index in [1.165, 1.54) is 6.07 Å². The highest BCUT2D eigenvalue weighted by Crippen LogP contribution is 2.37. The van der Waals surface area contributed by atoms with Gasteiger partial charge in [0, 0.05) is 19.1 Å². The van der Waals surface area contributed by atoms with Crippen LogP contribution in [0, 0.1) is 6.92 Å². The summed E-state index contributed by atoms with van der Waals surface area (Å²) in [6, 6.07) is 12.0.